The predicted molar refractivity (Wildman–Crippen MR) is 118 cm³/mol. The molecule has 4 rings (SSSR count). The smallest absolute Gasteiger partial charge is 0.409 e. The number of rotatable bonds is 7. The lowest BCUT2D eigenvalue weighted by molar-refractivity contribution is 0.0998. The maximum Gasteiger partial charge on any atom is 0.409 e. The fraction of sp³-hybridized carbons (Fsp3) is 0.304. The normalized spacial score (nSPS) is 14.3. The Morgan fingerprint density at radius 2 is 1.74 bits per heavy atom. The first kappa shape index (κ1) is 20.7. The van der Waals surface area contributed by atoms with Gasteiger partial charge in [-0.1, -0.05) is 30.7 Å². The molecule has 2 amide bonds. The Bertz CT molecular complexity index is 1070. The molecule has 0 unspecified atom stereocenters. The van der Waals surface area contributed by atoms with Crippen LogP contribution in [0.2, 0.25) is 0 Å². The molecule has 0 bridgehead atoms. The lowest BCUT2D eigenvalue weighted by Gasteiger charge is -2.26. The van der Waals surface area contributed by atoms with E-state index in [1.54, 1.807) is 30.3 Å². The van der Waals surface area contributed by atoms with Crippen LogP contribution in [-0.2, 0) is 0 Å². The van der Waals surface area contributed by atoms with Gasteiger partial charge in [-0.25, -0.2) is 4.79 Å². The minimum Gasteiger partial charge on any atom is -0.488 e. The fourth-order valence-electron chi connectivity index (χ4n) is 3.73. The molecule has 0 saturated carbocycles. The first-order valence-corrected chi connectivity index (χ1v) is 10.4. The highest BCUT2D eigenvalue weighted by molar-refractivity contribution is 6.07. The van der Waals surface area contributed by atoms with Gasteiger partial charge >= 0.3 is 6.09 Å². The summed E-state index contributed by atoms with van der Waals surface area (Å²) in [5, 5.41) is 14.7. The number of para-hydroxylation sites is 3. The maximum atomic E-state index is 12.7. The van der Waals surface area contributed by atoms with Crippen LogP contribution in [0, 0.1) is 0 Å². The van der Waals surface area contributed by atoms with Crippen molar-refractivity contribution in [1.82, 2.24) is 4.90 Å². The number of nitrogens with one attached hydrogen (secondary N) is 2. The molecule has 3 N–H and O–H groups in total. The lowest BCUT2D eigenvalue weighted by Crippen LogP contribution is -2.33. The van der Waals surface area contributed by atoms with Gasteiger partial charge < -0.3 is 19.6 Å². The lowest BCUT2D eigenvalue weighted by atomic mass is 10.1. The molecule has 1 fully saturated rings. The Kier molecular flexibility index (Phi) is 6.37. The number of furan rings is 1. The van der Waals surface area contributed by atoms with Crippen LogP contribution in [-0.4, -0.2) is 48.2 Å². The van der Waals surface area contributed by atoms with Crippen LogP contribution < -0.4 is 15.4 Å². The van der Waals surface area contributed by atoms with E-state index in [4.69, 9.17) is 14.3 Å². The molecular weight excluding hydrogens is 398 g/mol. The second-order valence-corrected chi connectivity index (χ2v) is 7.47. The predicted octanol–water partition coefficient (Wildman–Crippen LogP) is 4.64. The third-order valence-corrected chi connectivity index (χ3v) is 5.26. The van der Waals surface area contributed by atoms with Crippen molar-refractivity contribution in [2.24, 2.45) is 0 Å². The molecular formula is C23H25N3O5. The Hall–Kier alpha value is -3.52. The van der Waals surface area contributed by atoms with E-state index in [0.717, 1.165) is 25.0 Å². The first-order valence-electron chi connectivity index (χ1n) is 10.4. The number of anilines is 2. The van der Waals surface area contributed by atoms with Gasteiger partial charge in [0, 0.05) is 11.9 Å². The zero-order valence-electron chi connectivity index (χ0n) is 17.1. The standard InChI is InChI=1S/C23H25N3O5/c27-22(24-17-8-2-3-9-18(17)25-23(28)29)20-15-16-7-6-10-19(21(16)31-20)30-14-13-26-11-4-1-5-12-26/h2-3,6-10,15,25H,1,4-5,11-14H2,(H,24,27)(H,28,29). The molecule has 0 atom stereocenters. The van der Waals surface area contributed by atoms with Crippen LogP contribution in [0.3, 0.4) is 0 Å². The van der Waals surface area contributed by atoms with Gasteiger partial charge in [-0.3, -0.25) is 15.0 Å². The second-order valence-electron chi connectivity index (χ2n) is 7.47. The number of benzene rings is 2. The molecule has 2 aromatic carbocycles. The summed E-state index contributed by atoms with van der Waals surface area (Å²) in [6.07, 6.45) is 2.55. The molecule has 2 heterocycles. The Morgan fingerprint density at radius 3 is 2.48 bits per heavy atom. The van der Waals surface area contributed by atoms with Crippen molar-refractivity contribution < 1.29 is 23.8 Å². The molecule has 162 valence electrons. The largest absolute Gasteiger partial charge is 0.488 e. The van der Waals surface area contributed by atoms with Gasteiger partial charge in [0.05, 0.1) is 11.4 Å². The van der Waals surface area contributed by atoms with Crippen molar-refractivity contribution in [2.75, 3.05) is 36.9 Å². The number of carboxylic acid groups (broad SMARTS) is 1. The number of ether oxygens (including phenoxy) is 1. The van der Waals surface area contributed by atoms with Crippen molar-refractivity contribution in [3.8, 4) is 5.75 Å². The number of fused-ring (bicyclic) bond motifs is 1. The molecule has 1 saturated heterocycles. The average Bonchev–Trinajstić information content (AvgIpc) is 3.21. The van der Waals surface area contributed by atoms with Crippen molar-refractivity contribution in [1.29, 1.82) is 0 Å². The number of likely N-dealkylation sites (tertiary alicyclic amines) is 1. The summed E-state index contributed by atoms with van der Waals surface area (Å²) in [7, 11) is 0. The summed E-state index contributed by atoms with van der Waals surface area (Å²) in [5.74, 6) is 0.240. The first-order chi connectivity index (χ1) is 15.1. The molecule has 0 aliphatic carbocycles. The van der Waals surface area contributed by atoms with E-state index in [1.165, 1.54) is 19.3 Å². The number of nitrogens with zero attached hydrogens (tertiary/aromatic N) is 1. The van der Waals surface area contributed by atoms with Crippen LogP contribution >= 0.6 is 0 Å². The minimum absolute atomic E-state index is 0.118. The number of amides is 2. The van der Waals surface area contributed by atoms with Gasteiger partial charge in [-0.05, 0) is 50.2 Å². The molecule has 31 heavy (non-hydrogen) atoms. The van der Waals surface area contributed by atoms with Gasteiger partial charge in [-0.2, -0.15) is 0 Å². The highest BCUT2D eigenvalue weighted by atomic mass is 16.5. The quantitative estimate of drug-likeness (QED) is 0.511. The van der Waals surface area contributed by atoms with E-state index in [1.807, 2.05) is 18.2 Å². The van der Waals surface area contributed by atoms with E-state index in [0.29, 0.717) is 23.6 Å². The monoisotopic (exact) mass is 423 g/mol. The summed E-state index contributed by atoms with van der Waals surface area (Å²) < 4.78 is 11.8. The molecule has 1 aromatic heterocycles. The van der Waals surface area contributed by atoms with Gasteiger partial charge in [-0.15, -0.1) is 0 Å². The average molecular weight is 423 g/mol. The minimum atomic E-state index is -1.21. The molecule has 8 heteroatoms. The van der Waals surface area contributed by atoms with Gasteiger partial charge in [0.2, 0.25) is 0 Å². The maximum absolute atomic E-state index is 12.7. The fourth-order valence-corrected chi connectivity index (χ4v) is 3.73. The third kappa shape index (κ3) is 5.16. The summed E-state index contributed by atoms with van der Waals surface area (Å²) in [6, 6.07) is 13.8. The van der Waals surface area contributed by atoms with Crippen molar-refractivity contribution in [3.05, 3.63) is 54.3 Å². The number of hydrogen-bond donors (Lipinski definition) is 3. The Balaban J connectivity index is 1.46. The molecule has 1 aliphatic heterocycles. The molecule has 0 spiro atoms. The van der Waals surface area contributed by atoms with Crippen LogP contribution in [0.4, 0.5) is 16.2 Å². The van der Waals surface area contributed by atoms with E-state index < -0.39 is 12.0 Å². The molecule has 3 aromatic rings. The topological polar surface area (TPSA) is 104 Å². The van der Waals surface area contributed by atoms with E-state index in [9.17, 15) is 9.59 Å². The van der Waals surface area contributed by atoms with Crippen molar-refractivity contribution in [3.63, 3.8) is 0 Å². The van der Waals surface area contributed by atoms with Crippen molar-refractivity contribution >= 4 is 34.3 Å². The van der Waals surface area contributed by atoms with Crippen molar-refractivity contribution in [2.45, 2.75) is 19.3 Å². The van der Waals surface area contributed by atoms with Crippen LogP contribution in [0.15, 0.2) is 52.9 Å². The van der Waals surface area contributed by atoms with Crippen LogP contribution in [0.1, 0.15) is 29.8 Å². The summed E-state index contributed by atoms with van der Waals surface area (Å²) in [6.45, 7) is 3.63. The van der Waals surface area contributed by atoms with E-state index in [2.05, 4.69) is 15.5 Å². The number of piperidine rings is 1. The summed E-state index contributed by atoms with van der Waals surface area (Å²) >= 11 is 0. The molecule has 1 aliphatic rings. The van der Waals surface area contributed by atoms with Gasteiger partial charge in [0.15, 0.2) is 17.1 Å². The number of hydrogen-bond acceptors (Lipinski definition) is 5. The summed E-state index contributed by atoms with van der Waals surface area (Å²) in [5.41, 5.74) is 1.14. The van der Waals surface area contributed by atoms with Crippen LogP contribution in [0.5, 0.6) is 5.75 Å². The Labute approximate surface area is 179 Å². The Morgan fingerprint density at radius 1 is 1.00 bits per heavy atom. The van der Waals surface area contributed by atoms with Gasteiger partial charge in [0.25, 0.3) is 5.91 Å². The van der Waals surface area contributed by atoms with E-state index >= 15 is 0 Å². The highest BCUT2D eigenvalue weighted by Crippen LogP contribution is 2.30. The molecule has 0 radical (unpaired) electrons. The zero-order valence-corrected chi connectivity index (χ0v) is 17.1. The highest BCUT2D eigenvalue weighted by Gasteiger charge is 2.17. The van der Waals surface area contributed by atoms with Gasteiger partial charge in [0.1, 0.15) is 6.61 Å². The molecule has 8 nitrogen and oxygen atoms in total. The number of carbonyl (C=O) groups excluding carboxylic acids is 1. The zero-order chi connectivity index (χ0) is 21.6. The third-order valence-electron chi connectivity index (χ3n) is 5.26. The van der Waals surface area contributed by atoms with Crippen LogP contribution in [0.25, 0.3) is 11.0 Å². The SMILES string of the molecule is O=C(O)Nc1ccccc1NC(=O)c1cc2cccc(OCCN3CCCCC3)c2o1. The van der Waals surface area contributed by atoms with E-state index in [-0.39, 0.29) is 11.4 Å². The second kappa shape index (κ2) is 9.53. The number of carbonyl (C=O) groups is 2. The summed E-state index contributed by atoms with van der Waals surface area (Å²) in [4.78, 5) is 26.1.